The van der Waals surface area contributed by atoms with Gasteiger partial charge in [-0.2, -0.15) is 0 Å². The lowest BCUT2D eigenvalue weighted by atomic mass is 9.70. The Balaban J connectivity index is 1.44. The van der Waals surface area contributed by atoms with Crippen molar-refractivity contribution in [1.82, 2.24) is 10.2 Å². The minimum atomic E-state index is -0.914. The number of phenolic OH excluding ortho intramolecular Hbond substituents is 2. The van der Waals surface area contributed by atoms with Gasteiger partial charge in [0, 0.05) is 17.5 Å². The Hall–Kier alpha value is -3.03. The van der Waals surface area contributed by atoms with Crippen LogP contribution in [0.1, 0.15) is 69.7 Å². The van der Waals surface area contributed by atoms with Crippen LogP contribution in [-0.4, -0.2) is 57.6 Å². The maximum atomic E-state index is 13.4. The molecule has 5 atom stereocenters. The molecule has 2 amide bonds. The van der Waals surface area contributed by atoms with Crippen molar-refractivity contribution in [3.8, 4) is 11.5 Å². The van der Waals surface area contributed by atoms with Gasteiger partial charge in [-0.1, -0.05) is 26.8 Å². The van der Waals surface area contributed by atoms with Crippen LogP contribution >= 0.6 is 0 Å². The Bertz CT molecular complexity index is 1040. The molecule has 1 aromatic carbocycles. The highest BCUT2D eigenvalue weighted by Crippen LogP contribution is 2.66. The third-order valence-corrected chi connectivity index (χ3v) is 9.02. The Morgan fingerprint density at radius 3 is 2.57 bits per heavy atom. The largest absolute Gasteiger partial charge is 0.504 e. The fourth-order valence-corrected chi connectivity index (χ4v) is 6.30. The number of nitrogens with zero attached hydrogens (tertiary/aromatic N) is 1. The average molecular weight is 485 g/mol. The van der Waals surface area contributed by atoms with Crippen LogP contribution in [-0.2, 0) is 14.3 Å². The minimum Gasteiger partial charge on any atom is -0.504 e. The van der Waals surface area contributed by atoms with E-state index in [-0.39, 0.29) is 46.5 Å². The maximum absolute atomic E-state index is 13.4. The van der Waals surface area contributed by atoms with Crippen molar-refractivity contribution in [2.75, 3.05) is 6.54 Å². The van der Waals surface area contributed by atoms with Gasteiger partial charge >= 0.3 is 5.97 Å². The smallest absolute Gasteiger partial charge is 0.329 e. The number of fused-ring (bicyclic) bond motifs is 2. The molecule has 3 fully saturated rings. The van der Waals surface area contributed by atoms with Crippen LogP contribution in [0.3, 0.4) is 0 Å². The van der Waals surface area contributed by atoms with E-state index in [1.165, 1.54) is 17.0 Å². The van der Waals surface area contributed by atoms with Crippen LogP contribution in [0.15, 0.2) is 30.9 Å². The summed E-state index contributed by atoms with van der Waals surface area (Å²) in [5, 5.41) is 21.9. The molecule has 190 valence electrons. The van der Waals surface area contributed by atoms with Crippen LogP contribution in [0.5, 0.6) is 11.5 Å². The van der Waals surface area contributed by atoms with Gasteiger partial charge in [0.15, 0.2) is 11.5 Å². The average Bonchev–Trinajstić information content (AvgIpc) is 3.43. The van der Waals surface area contributed by atoms with Gasteiger partial charge in [0.2, 0.25) is 5.91 Å². The Morgan fingerprint density at radius 1 is 1.23 bits per heavy atom. The Morgan fingerprint density at radius 2 is 1.97 bits per heavy atom. The normalized spacial score (nSPS) is 29.6. The molecule has 2 aliphatic carbocycles. The zero-order valence-corrected chi connectivity index (χ0v) is 20.8. The van der Waals surface area contributed by atoms with E-state index in [4.69, 9.17) is 4.74 Å². The zero-order chi connectivity index (χ0) is 25.5. The summed E-state index contributed by atoms with van der Waals surface area (Å²) in [4.78, 5) is 40.9. The van der Waals surface area contributed by atoms with Crippen LogP contribution < -0.4 is 5.32 Å². The molecule has 0 spiro atoms. The van der Waals surface area contributed by atoms with Crippen LogP contribution in [0.4, 0.5) is 0 Å². The molecule has 1 aromatic rings. The van der Waals surface area contributed by atoms with Crippen molar-refractivity contribution in [3.63, 3.8) is 0 Å². The molecule has 8 heteroatoms. The number of ether oxygens (including phenoxy) is 1. The number of carbonyl (C=O) groups is 3. The number of nitrogens with one attached hydrogen (secondary N) is 1. The van der Waals surface area contributed by atoms with E-state index in [9.17, 15) is 24.6 Å². The van der Waals surface area contributed by atoms with E-state index in [0.29, 0.717) is 25.3 Å². The first-order valence-corrected chi connectivity index (χ1v) is 12.4. The van der Waals surface area contributed by atoms with Crippen molar-refractivity contribution in [2.45, 2.75) is 77.5 Å². The molecule has 3 aliphatic rings. The molecule has 1 heterocycles. The molecule has 0 aromatic heterocycles. The SMILES string of the molecule is C=CCC(NC(=O)c1ccc(O)c(O)c1)C(=O)N1CCCC1C(=O)OC1CC2CCC1(C)C2(C)C. The van der Waals surface area contributed by atoms with Gasteiger partial charge < -0.3 is 25.2 Å². The van der Waals surface area contributed by atoms with E-state index in [1.807, 2.05) is 0 Å². The molecular formula is C27H36N2O6. The monoisotopic (exact) mass is 484 g/mol. The summed E-state index contributed by atoms with van der Waals surface area (Å²) in [6.45, 7) is 10.9. The molecule has 1 saturated heterocycles. The molecule has 1 aliphatic heterocycles. The second-order valence-electron chi connectivity index (χ2n) is 11.0. The number of phenols is 2. The van der Waals surface area contributed by atoms with Crippen molar-refractivity contribution in [2.24, 2.45) is 16.7 Å². The fourth-order valence-electron chi connectivity index (χ4n) is 6.30. The van der Waals surface area contributed by atoms with Gasteiger partial charge in [-0.05, 0) is 68.1 Å². The van der Waals surface area contributed by atoms with Crippen LogP contribution in [0.25, 0.3) is 0 Å². The standard InChI is InChI=1S/C27H36N2O6/c1-5-7-18(28-23(32)16-9-10-20(30)21(31)14-16)24(33)29-13-6-8-19(29)25(34)35-22-15-17-11-12-27(22,4)26(17,2)3/h5,9-10,14,17-19,22,30-31H,1,6-8,11-13,15H2,2-4H3,(H,28,32). The summed E-state index contributed by atoms with van der Waals surface area (Å²) < 4.78 is 6.07. The molecule has 2 saturated carbocycles. The maximum Gasteiger partial charge on any atom is 0.329 e. The van der Waals surface area contributed by atoms with Gasteiger partial charge in [0.1, 0.15) is 18.2 Å². The number of hydrogen-bond donors (Lipinski definition) is 3. The number of hydrogen-bond acceptors (Lipinski definition) is 6. The van der Waals surface area contributed by atoms with E-state index in [0.717, 1.165) is 25.3 Å². The van der Waals surface area contributed by atoms with E-state index in [1.54, 1.807) is 6.08 Å². The lowest BCUT2D eigenvalue weighted by Crippen LogP contribution is -2.52. The Kier molecular flexibility index (Phi) is 6.60. The van der Waals surface area contributed by atoms with Crippen molar-refractivity contribution < 1.29 is 29.3 Å². The molecular weight excluding hydrogens is 448 g/mol. The summed E-state index contributed by atoms with van der Waals surface area (Å²) in [5.41, 5.74) is 0.160. The second kappa shape index (κ2) is 9.21. The van der Waals surface area contributed by atoms with Crippen LogP contribution in [0, 0.1) is 16.7 Å². The van der Waals surface area contributed by atoms with Crippen molar-refractivity contribution in [1.29, 1.82) is 0 Å². The molecule has 0 radical (unpaired) electrons. The van der Waals surface area contributed by atoms with Gasteiger partial charge in [0.25, 0.3) is 5.91 Å². The molecule has 3 N–H and O–H groups in total. The lowest BCUT2D eigenvalue weighted by molar-refractivity contribution is -0.165. The molecule has 5 unspecified atom stereocenters. The highest BCUT2D eigenvalue weighted by atomic mass is 16.5. The number of carbonyl (C=O) groups excluding carboxylic acids is 3. The number of likely N-dealkylation sites (tertiary alicyclic amines) is 1. The van der Waals surface area contributed by atoms with Crippen molar-refractivity contribution >= 4 is 17.8 Å². The summed E-state index contributed by atoms with van der Waals surface area (Å²) in [5.74, 6) is -1.53. The summed E-state index contributed by atoms with van der Waals surface area (Å²) >= 11 is 0. The third kappa shape index (κ3) is 4.28. The molecule has 2 bridgehead atoms. The van der Waals surface area contributed by atoms with Gasteiger partial charge in [-0.3, -0.25) is 9.59 Å². The summed E-state index contributed by atoms with van der Waals surface area (Å²) in [7, 11) is 0. The molecule has 8 nitrogen and oxygen atoms in total. The number of rotatable bonds is 7. The minimum absolute atomic E-state index is 0.0597. The van der Waals surface area contributed by atoms with Crippen molar-refractivity contribution in [3.05, 3.63) is 36.4 Å². The highest BCUT2D eigenvalue weighted by Gasteiger charge is 2.63. The van der Waals surface area contributed by atoms with Gasteiger partial charge in [-0.25, -0.2) is 4.79 Å². The number of amides is 2. The lowest BCUT2D eigenvalue weighted by Gasteiger charge is -2.39. The fraction of sp³-hybridized carbons (Fsp3) is 0.593. The Labute approximate surface area is 206 Å². The topological polar surface area (TPSA) is 116 Å². The first kappa shape index (κ1) is 25.1. The first-order chi connectivity index (χ1) is 16.5. The third-order valence-electron chi connectivity index (χ3n) is 9.02. The number of aromatic hydroxyl groups is 2. The van der Waals surface area contributed by atoms with E-state index in [2.05, 4.69) is 32.7 Å². The van der Waals surface area contributed by atoms with Gasteiger partial charge in [0.05, 0.1) is 0 Å². The predicted molar refractivity (Wildman–Crippen MR) is 130 cm³/mol. The zero-order valence-electron chi connectivity index (χ0n) is 20.8. The summed E-state index contributed by atoms with van der Waals surface area (Å²) in [6, 6.07) is 2.11. The molecule has 35 heavy (non-hydrogen) atoms. The quantitative estimate of drug-likeness (QED) is 0.310. The van der Waals surface area contributed by atoms with E-state index >= 15 is 0 Å². The van der Waals surface area contributed by atoms with E-state index < -0.39 is 23.7 Å². The first-order valence-electron chi connectivity index (χ1n) is 12.4. The second-order valence-corrected chi connectivity index (χ2v) is 11.0. The number of benzene rings is 1. The highest BCUT2D eigenvalue weighted by molar-refractivity contribution is 5.98. The number of esters is 1. The van der Waals surface area contributed by atoms with Gasteiger partial charge in [-0.15, -0.1) is 6.58 Å². The predicted octanol–water partition coefficient (Wildman–Crippen LogP) is 3.52. The van der Waals surface area contributed by atoms with Crippen LogP contribution in [0.2, 0.25) is 0 Å². The summed E-state index contributed by atoms with van der Waals surface area (Å²) in [6.07, 6.45) is 5.85. The molecule has 4 rings (SSSR count).